The molecule has 86 valence electrons. The molecule has 0 aromatic heterocycles. The number of benzene rings is 1. The second-order valence-electron chi connectivity index (χ2n) is 4.12. The van der Waals surface area contributed by atoms with E-state index in [2.05, 4.69) is 63.5 Å². The lowest BCUT2D eigenvalue weighted by molar-refractivity contribution is 0.640. The van der Waals surface area contributed by atoms with Gasteiger partial charge in [0.05, 0.1) is 5.82 Å². The van der Waals surface area contributed by atoms with E-state index in [1.807, 2.05) is 0 Å². The molecule has 1 aliphatic heterocycles. The van der Waals surface area contributed by atoms with Gasteiger partial charge in [-0.15, -0.1) is 0 Å². The van der Waals surface area contributed by atoms with E-state index in [4.69, 9.17) is 5.73 Å². The SMILES string of the molecule is CN(C[C@@H]1C=C(N)NC1)c1ccc(Br)cc1. The number of halogens is 1. The van der Waals surface area contributed by atoms with Crippen molar-refractivity contribution in [3.8, 4) is 0 Å². The van der Waals surface area contributed by atoms with Crippen molar-refractivity contribution in [3.05, 3.63) is 40.6 Å². The minimum Gasteiger partial charge on any atom is -0.386 e. The summed E-state index contributed by atoms with van der Waals surface area (Å²) in [7, 11) is 2.10. The maximum atomic E-state index is 5.68. The Labute approximate surface area is 104 Å². The summed E-state index contributed by atoms with van der Waals surface area (Å²) < 4.78 is 1.11. The van der Waals surface area contributed by atoms with Gasteiger partial charge >= 0.3 is 0 Å². The van der Waals surface area contributed by atoms with Crippen LogP contribution in [-0.4, -0.2) is 20.1 Å². The third kappa shape index (κ3) is 2.70. The van der Waals surface area contributed by atoms with E-state index < -0.39 is 0 Å². The van der Waals surface area contributed by atoms with Crippen LogP contribution in [0, 0.1) is 5.92 Å². The molecular weight excluding hydrogens is 266 g/mol. The summed E-state index contributed by atoms with van der Waals surface area (Å²) in [6.07, 6.45) is 2.09. The average molecular weight is 282 g/mol. The zero-order chi connectivity index (χ0) is 11.5. The molecule has 0 fully saturated rings. The first-order valence-electron chi connectivity index (χ1n) is 5.33. The first kappa shape index (κ1) is 11.3. The van der Waals surface area contributed by atoms with E-state index >= 15 is 0 Å². The Kier molecular flexibility index (Phi) is 3.39. The Hall–Kier alpha value is -1.16. The summed E-state index contributed by atoms with van der Waals surface area (Å²) >= 11 is 3.44. The Balaban J connectivity index is 1.97. The number of hydrogen-bond acceptors (Lipinski definition) is 3. The minimum absolute atomic E-state index is 0.494. The number of rotatable bonds is 3. The molecule has 4 heteroatoms. The lowest BCUT2D eigenvalue weighted by Crippen LogP contribution is -2.27. The molecule has 3 nitrogen and oxygen atoms in total. The first-order chi connectivity index (χ1) is 7.65. The van der Waals surface area contributed by atoms with Gasteiger partial charge in [-0.25, -0.2) is 0 Å². The zero-order valence-corrected chi connectivity index (χ0v) is 10.9. The number of anilines is 1. The quantitative estimate of drug-likeness (QED) is 0.889. The lowest BCUT2D eigenvalue weighted by Gasteiger charge is -2.22. The molecule has 1 aliphatic rings. The highest BCUT2D eigenvalue weighted by atomic mass is 79.9. The molecule has 0 saturated carbocycles. The minimum atomic E-state index is 0.494. The molecule has 0 unspecified atom stereocenters. The van der Waals surface area contributed by atoms with Crippen molar-refractivity contribution in [2.24, 2.45) is 11.7 Å². The van der Waals surface area contributed by atoms with Crippen molar-refractivity contribution in [1.82, 2.24) is 5.32 Å². The van der Waals surface area contributed by atoms with Crippen LogP contribution < -0.4 is 16.0 Å². The largest absolute Gasteiger partial charge is 0.386 e. The topological polar surface area (TPSA) is 41.3 Å². The van der Waals surface area contributed by atoms with Crippen molar-refractivity contribution in [2.75, 3.05) is 25.0 Å². The standard InChI is InChI=1S/C12H16BrN3/c1-16(8-9-6-12(14)15-7-9)11-4-2-10(13)3-5-11/h2-6,9,15H,7-8,14H2,1H3/t9-/m1/s1. The number of nitrogens with one attached hydrogen (secondary N) is 1. The molecule has 0 amide bonds. The van der Waals surface area contributed by atoms with Crippen LogP contribution >= 0.6 is 15.9 Å². The monoisotopic (exact) mass is 281 g/mol. The molecule has 0 saturated heterocycles. The molecule has 0 aliphatic carbocycles. The van der Waals surface area contributed by atoms with Crippen LogP contribution in [0.4, 0.5) is 5.69 Å². The van der Waals surface area contributed by atoms with Gasteiger partial charge in [-0.2, -0.15) is 0 Å². The maximum absolute atomic E-state index is 5.68. The second-order valence-corrected chi connectivity index (χ2v) is 5.04. The zero-order valence-electron chi connectivity index (χ0n) is 9.28. The highest BCUT2D eigenvalue weighted by Gasteiger charge is 2.15. The molecular formula is C12H16BrN3. The molecule has 0 radical (unpaired) electrons. The van der Waals surface area contributed by atoms with Gasteiger partial charge in [0, 0.05) is 36.2 Å². The predicted octanol–water partition coefficient (Wildman–Crippen LogP) is 1.90. The van der Waals surface area contributed by atoms with Crippen molar-refractivity contribution in [3.63, 3.8) is 0 Å². The van der Waals surface area contributed by atoms with Gasteiger partial charge in [-0.05, 0) is 30.3 Å². The van der Waals surface area contributed by atoms with E-state index in [0.717, 1.165) is 23.4 Å². The van der Waals surface area contributed by atoms with Gasteiger partial charge in [-0.1, -0.05) is 15.9 Å². The molecule has 3 N–H and O–H groups in total. The fraction of sp³-hybridized carbons (Fsp3) is 0.333. The number of nitrogens with two attached hydrogens (primary N) is 1. The molecule has 2 rings (SSSR count). The summed E-state index contributed by atoms with van der Waals surface area (Å²) in [6, 6.07) is 8.34. The first-order valence-corrected chi connectivity index (χ1v) is 6.12. The van der Waals surface area contributed by atoms with Crippen LogP contribution in [0.1, 0.15) is 0 Å². The van der Waals surface area contributed by atoms with Crippen LogP contribution in [0.3, 0.4) is 0 Å². The Morgan fingerprint density at radius 2 is 2.12 bits per heavy atom. The van der Waals surface area contributed by atoms with Crippen LogP contribution in [0.2, 0.25) is 0 Å². The van der Waals surface area contributed by atoms with E-state index in [9.17, 15) is 0 Å². The predicted molar refractivity (Wildman–Crippen MR) is 71.2 cm³/mol. The van der Waals surface area contributed by atoms with Crippen LogP contribution in [0.5, 0.6) is 0 Å². The number of hydrogen-bond donors (Lipinski definition) is 2. The highest BCUT2D eigenvalue weighted by molar-refractivity contribution is 9.10. The summed E-state index contributed by atoms with van der Waals surface area (Å²) in [6.45, 7) is 1.92. The van der Waals surface area contributed by atoms with Crippen LogP contribution in [0.15, 0.2) is 40.6 Å². The second kappa shape index (κ2) is 4.78. The fourth-order valence-electron chi connectivity index (χ4n) is 1.89. The van der Waals surface area contributed by atoms with Gasteiger partial charge in [0.2, 0.25) is 0 Å². The highest BCUT2D eigenvalue weighted by Crippen LogP contribution is 2.19. The van der Waals surface area contributed by atoms with E-state index in [-0.39, 0.29) is 0 Å². The molecule has 1 heterocycles. The third-order valence-corrected chi connectivity index (χ3v) is 3.29. The van der Waals surface area contributed by atoms with E-state index in [1.54, 1.807) is 0 Å². The smallest absolute Gasteiger partial charge is 0.0923 e. The van der Waals surface area contributed by atoms with E-state index in [1.165, 1.54) is 5.69 Å². The third-order valence-electron chi connectivity index (χ3n) is 2.76. The van der Waals surface area contributed by atoms with Crippen molar-refractivity contribution >= 4 is 21.6 Å². The summed E-state index contributed by atoms with van der Waals surface area (Å²) in [5.41, 5.74) is 6.91. The van der Waals surface area contributed by atoms with Gasteiger partial charge in [-0.3, -0.25) is 0 Å². The van der Waals surface area contributed by atoms with Crippen molar-refractivity contribution < 1.29 is 0 Å². The van der Waals surface area contributed by atoms with Crippen molar-refractivity contribution in [2.45, 2.75) is 0 Å². The van der Waals surface area contributed by atoms with Crippen LogP contribution in [0.25, 0.3) is 0 Å². The maximum Gasteiger partial charge on any atom is 0.0923 e. The Morgan fingerprint density at radius 3 is 2.69 bits per heavy atom. The fourth-order valence-corrected chi connectivity index (χ4v) is 2.16. The Morgan fingerprint density at radius 1 is 1.44 bits per heavy atom. The lowest BCUT2D eigenvalue weighted by atomic mass is 10.1. The van der Waals surface area contributed by atoms with Gasteiger partial charge in [0.1, 0.15) is 0 Å². The molecule has 1 atom stereocenters. The molecule has 16 heavy (non-hydrogen) atoms. The van der Waals surface area contributed by atoms with Gasteiger partial charge < -0.3 is 16.0 Å². The normalized spacial score (nSPS) is 19.1. The summed E-state index contributed by atoms with van der Waals surface area (Å²) in [5, 5.41) is 3.14. The van der Waals surface area contributed by atoms with E-state index in [0.29, 0.717) is 5.92 Å². The molecule has 0 spiro atoms. The van der Waals surface area contributed by atoms with Crippen molar-refractivity contribution in [1.29, 1.82) is 0 Å². The summed E-state index contributed by atoms with van der Waals surface area (Å²) in [5.74, 6) is 1.29. The van der Waals surface area contributed by atoms with Gasteiger partial charge in [0.15, 0.2) is 0 Å². The molecule has 0 bridgehead atoms. The summed E-state index contributed by atoms with van der Waals surface area (Å²) in [4.78, 5) is 2.24. The Bertz CT molecular complexity index is 386. The van der Waals surface area contributed by atoms with Crippen LogP contribution in [-0.2, 0) is 0 Å². The molecule has 1 aromatic carbocycles. The number of nitrogens with zero attached hydrogens (tertiary/aromatic N) is 1. The van der Waals surface area contributed by atoms with Gasteiger partial charge in [0.25, 0.3) is 0 Å². The average Bonchev–Trinajstić information content (AvgIpc) is 2.65. The molecule has 1 aromatic rings.